The summed E-state index contributed by atoms with van der Waals surface area (Å²) in [5.74, 6) is 0. The van der Waals surface area contributed by atoms with Crippen LogP contribution in [0.25, 0.3) is 0 Å². The number of anilines is 1. The molecule has 0 radical (unpaired) electrons. The molecule has 1 unspecified atom stereocenters. The molecule has 0 bridgehead atoms. The van der Waals surface area contributed by atoms with E-state index in [1.807, 2.05) is 19.1 Å². The summed E-state index contributed by atoms with van der Waals surface area (Å²) < 4.78 is 27.8. The van der Waals surface area contributed by atoms with Crippen molar-refractivity contribution < 1.29 is 13.2 Å². The highest BCUT2D eigenvalue weighted by molar-refractivity contribution is 7.89. The van der Waals surface area contributed by atoms with E-state index in [-0.39, 0.29) is 12.1 Å². The SMILES string of the molecule is Cc1ccc(S(=O)(=O)N2CCCCC2CCNC(=O)Nc2ccccc2Cl)cc1. The predicted octanol–water partition coefficient (Wildman–Crippen LogP) is 4.40. The highest BCUT2D eigenvalue weighted by Crippen LogP contribution is 2.27. The van der Waals surface area contributed by atoms with Gasteiger partial charge in [0.25, 0.3) is 0 Å². The number of aryl methyl sites for hydroxylation is 1. The summed E-state index contributed by atoms with van der Waals surface area (Å²) in [5.41, 5.74) is 1.56. The molecule has 156 valence electrons. The quantitative estimate of drug-likeness (QED) is 0.705. The number of urea groups is 1. The average Bonchev–Trinajstić information content (AvgIpc) is 2.70. The monoisotopic (exact) mass is 435 g/mol. The number of sulfonamides is 1. The number of carbonyl (C=O) groups is 1. The van der Waals surface area contributed by atoms with E-state index >= 15 is 0 Å². The first-order valence-electron chi connectivity index (χ1n) is 9.76. The van der Waals surface area contributed by atoms with Crippen LogP contribution in [0.4, 0.5) is 10.5 Å². The second-order valence-corrected chi connectivity index (χ2v) is 9.53. The molecule has 1 aliphatic rings. The summed E-state index contributed by atoms with van der Waals surface area (Å²) in [6.07, 6.45) is 3.18. The van der Waals surface area contributed by atoms with Gasteiger partial charge in [0.2, 0.25) is 10.0 Å². The first kappa shape index (κ1) is 21.6. The minimum Gasteiger partial charge on any atom is -0.338 e. The van der Waals surface area contributed by atoms with Crippen LogP contribution in [-0.4, -0.2) is 37.9 Å². The summed E-state index contributed by atoms with van der Waals surface area (Å²) in [7, 11) is -3.55. The number of nitrogens with zero attached hydrogens (tertiary/aromatic N) is 1. The van der Waals surface area contributed by atoms with E-state index in [2.05, 4.69) is 10.6 Å². The lowest BCUT2D eigenvalue weighted by Gasteiger charge is -2.34. The second-order valence-electron chi connectivity index (χ2n) is 7.23. The third-order valence-electron chi connectivity index (χ3n) is 5.09. The van der Waals surface area contributed by atoms with Gasteiger partial charge in [0.05, 0.1) is 15.6 Å². The number of benzene rings is 2. The Labute approximate surface area is 177 Å². The zero-order valence-corrected chi connectivity index (χ0v) is 18.0. The zero-order chi connectivity index (χ0) is 20.9. The molecule has 2 amide bonds. The molecule has 0 aromatic heterocycles. The molecule has 2 aromatic rings. The van der Waals surface area contributed by atoms with E-state index in [4.69, 9.17) is 11.6 Å². The number of rotatable bonds is 6. The van der Waals surface area contributed by atoms with Crippen LogP contribution in [0.5, 0.6) is 0 Å². The highest BCUT2D eigenvalue weighted by Gasteiger charge is 2.33. The van der Waals surface area contributed by atoms with Crippen molar-refractivity contribution >= 4 is 33.3 Å². The van der Waals surface area contributed by atoms with Crippen molar-refractivity contribution in [2.24, 2.45) is 0 Å². The Balaban J connectivity index is 1.59. The van der Waals surface area contributed by atoms with Gasteiger partial charge in [-0.15, -0.1) is 0 Å². The fourth-order valence-corrected chi connectivity index (χ4v) is 5.41. The number of halogens is 1. The van der Waals surface area contributed by atoms with Gasteiger partial charge < -0.3 is 10.6 Å². The average molecular weight is 436 g/mol. The highest BCUT2D eigenvalue weighted by atomic mass is 35.5. The van der Waals surface area contributed by atoms with Gasteiger partial charge in [-0.05, 0) is 50.5 Å². The molecule has 2 aromatic carbocycles. The fourth-order valence-electron chi connectivity index (χ4n) is 3.51. The lowest BCUT2D eigenvalue weighted by molar-refractivity contribution is 0.234. The Morgan fingerprint density at radius 3 is 2.59 bits per heavy atom. The van der Waals surface area contributed by atoms with Crippen molar-refractivity contribution in [2.75, 3.05) is 18.4 Å². The molecule has 3 rings (SSSR count). The van der Waals surface area contributed by atoms with Crippen molar-refractivity contribution in [1.82, 2.24) is 9.62 Å². The van der Waals surface area contributed by atoms with Crippen LogP contribution >= 0.6 is 11.6 Å². The summed E-state index contributed by atoms with van der Waals surface area (Å²) in [6, 6.07) is 13.5. The number of hydrogen-bond donors (Lipinski definition) is 2. The molecule has 0 saturated carbocycles. The molecule has 6 nitrogen and oxygen atoms in total. The van der Waals surface area contributed by atoms with Crippen molar-refractivity contribution in [2.45, 2.75) is 43.5 Å². The lowest BCUT2D eigenvalue weighted by Crippen LogP contribution is -2.45. The molecule has 1 fully saturated rings. The number of hydrogen-bond acceptors (Lipinski definition) is 3. The van der Waals surface area contributed by atoms with Crippen LogP contribution in [0.1, 0.15) is 31.2 Å². The van der Waals surface area contributed by atoms with Crippen LogP contribution in [0.2, 0.25) is 5.02 Å². The van der Waals surface area contributed by atoms with Crippen molar-refractivity contribution in [1.29, 1.82) is 0 Å². The summed E-state index contributed by atoms with van der Waals surface area (Å²) >= 11 is 6.05. The molecule has 0 aliphatic carbocycles. The molecule has 1 saturated heterocycles. The third-order valence-corrected chi connectivity index (χ3v) is 7.38. The van der Waals surface area contributed by atoms with Gasteiger partial charge in [-0.25, -0.2) is 13.2 Å². The van der Waals surface area contributed by atoms with Crippen molar-refractivity contribution in [3.63, 3.8) is 0 Å². The molecule has 8 heteroatoms. The number of nitrogens with one attached hydrogen (secondary N) is 2. The van der Waals surface area contributed by atoms with E-state index in [0.717, 1.165) is 24.8 Å². The van der Waals surface area contributed by atoms with Crippen molar-refractivity contribution in [3.8, 4) is 0 Å². The number of amides is 2. The number of para-hydroxylation sites is 1. The van der Waals surface area contributed by atoms with Gasteiger partial charge in [-0.1, -0.05) is 47.9 Å². The molecule has 1 heterocycles. The van der Waals surface area contributed by atoms with Crippen LogP contribution in [0.3, 0.4) is 0 Å². The molecular formula is C21H26ClN3O3S. The fraction of sp³-hybridized carbons (Fsp3) is 0.381. The van der Waals surface area contributed by atoms with E-state index in [1.54, 1.807) is 40.7 Å². The zero-order valence-electron chi connectivity index (χ0n) is 16.4. The first-order valence-corrected chi connectivity index (χ1v) is 11.6. The maximum Gasteiger partial charge on any atom is 0.319 e. The van der Waals surface area contributed by atoms with Crippen LogP contribution < -0.4 is 10.6 Å². The Morgan fingerprint density at radius 2 is 1.86 bits per heavy atom. The summed E-state index contributed by atoms with van der Waals surface area (Å²) in [6.45, 7) is 2.81. The van der Waals surface area contributed by atoms with Crippen LogP contribution in [-0.2, 0) is 10.0 Å². The Bertz CT molecular complexity index is 948. The second kappa shape index (κ2) is 9.61. The van der Waals surface area contributed by atoms with Gasteiger partial charge in [0.15, 0.2) is 0 Å². The van der Waals surface area contributed by atoms with Gasteiger partial charge >= 0.3 is 6.03 Å². The number of carbonyl (C=O) groups excluding carboxylic acids is 1. The van der Waals surface area contributed by atoms with E-state index in [0.29, 0.717) is 35.1 Å². The topological polar surface area (TPSA) is 78.5 Å². The minimum absolute atomic E-state index is 0.129. The predicted molar refractivity (Wildman–Crippen MR) is 116 cm³/mol. The molecule has 1 atom stereocenters. The lowest BCUT2D eigenvalue weighted by atomic mass is 10.0. The van der Waals surface area contributed by atoms with Crippen LogP contribution in [0.15, 0.2) is 53.4 Å². The largest absolute Gasteiger partial charge is 0.338 e. The normalized spacial score (nSPS) is 17.7. The van der Waals surface area contributed by atoms with E-state index in [1.165, 1.54) is 0 Å². The Kier molecular flexibility index (Phi) is 7.16. The molecule has 0 spiro atoms. The summed E-state index contributed by atoms with van der Waals surface area (Å²) in [4.78, 5) is 12.4. The van der Waals surface area contributed by atoms with E-state index < -0.39 is 10.0 Å². The van der Waals surface area contributed by atoms with Gasteiger partial charge in [-0.3, -0.25) is 0 Å². The first-order chi connectivity index (χ1) is 13.9. The van der Waals surface area contributed by atoms with Crippen molar-refractivity contribution in [3.05, 3.63) is 59.1 Å². The summed E-state index contributed by atoms with van der Waals surface area (Å²) in [5, 5.41) is 5.96. The van der Waals surface area contributed by atoms with Gasteiger partial charge in [-0.2, -0.15) is 4.31 Å². The van der Waals surface area contributed by atoms with Gasteiger partial charge in [0, 0.05) is 19.1 Å². The molecular weight excluding hydrogens is 410 g/mol. The van der Waals surface area contributed by atoms with E-state index in [9.17, 15) is 13.2 Å². The smallest absolute Gasteiger partial charge is 0.319 e. The Morgan fingerprint density at radius 1 is 1.14 bits per heavy atom. The standard InChI is InChI=1S/C21H26ClN3O3S/c1-16-9-11-18(12-10-16)29(27,28)25-15-5-4-6-17(25)13-14-23-21(26)24-20-8-3-2-7-19(20)22/h2-3,7-12,17H,4-6,13-15H2,1H3,(H2,23,24,26). The number of piperidine rings is 1. The van der Waals surface area contributed by atoms with Gasteiger partial charge in [0.1, 0.15) is 0 Å². The maximum absolute atomic E-state index is 13.1. The van der Waals surface area contributed by atoms with Crippen LogP contribution in [0, 0.1) is 6.92 Å². The minimum atomic E-state index is -3.55. The maximum atomic E-state index is 13.1. The molecule has 2 N–H and O–H groups in total. The third kappa shape index (κ3) is 5.50. The molecule has 1 aliphatic heterocycles. The molecule has 29 heavy (non-hydrogen) atoms. The Hall–Kier alpha value is -2.09.